The summed E-state index contributed by atoms with van der Waals surface area (Å²) in [6.45, 7) is 7.50. The number of amides is 2. The van der Waals surface area contributed by atoms with E-state index in [-0.39, 0.29) is 30.3 Å². The molecule has 128 valence electrons. The molecular weight excluding hydrogens is 292 g/mol. The summed E-state index contributed by atoms with van der Waals surface area (Å²) < 4.78 is 2.19. The largest absolute Gasteiger partial charge is 0.347 e. The van der Waals surface area contributed by atoms with Crippen molar-refractivity contribution >= 4 is 11.8 Å². The number of carbonyl (C=O) groups excluding carboxylic acids is 2. The Morgan fingerprint density at radius 1 is 1.43 bits per heavy atom. The number of hydrogen-bond donors (Lipinski definition) is 1. The van der Waals surface area contributed by atoms with Gasteiger partial charge in [-0.1, -0.05) is 20.8 Å². The minimum Gasteiger partial charge on any atom is -0.347 e. The van der Waals surface area contributed by atoms with Crippen LogP contribution in [0.15, 0.2) is 12.4 Å². The summed E-state index contributed by atoms with van der Waals surface area (Å²) in [5.74, 6) is 0.978. The maximum absolute atomic E-state index is 12.4. The summed E-state index contributed by atoms with van der Waals surface area (Å²) in [6, 6.07) is 0.287. The molecule has 0 radical (unpaired) electrons. The molecule has 1 fully saturated rings. The molecule has 0 spiro atoms. The van der Waals surface area contributed by atoms with Gasteiger partial charge in [-0.05, 0) is 19.3 Å². The lowest BCUT2D eigenvalue weighted by atomic mass is 10.0. The molecule has 1 aromatic heterocycles. The van der Waals surface area contributed by atoms with Crippen LogP contribution in [0.4, 0.5) is 0 Å². The van der Waals surface area contributed by atoms with Crippen LogP contribution in [0.1, 0.15) is 51.9 Å². The number of nitrogens with zero attached hydrogens (tertiary/aromatic N) is 3. The zero-order valence-electron chi connectivity index (χ0n) is 14.4. The van der Waals surface area contributed by atoms with Crippen molar-refractivity contribution in [3.8, 4) is 0 Å². The van der Waals surface area contributed by atoms with Gasteiger partial charge in [0, 0.05) is 37.8 Å². The standard InChI is InChI=1S/C17H28N4O2/c1-4-13(3)17(23)19-11-16(22)20-9-6-7-14(12-20)21-10-8-18-15(21)5-2/h8,10,13-14H,4-7,9,11-12H2,1-3H3,(H,19,23). The normalized spacial score (nSPS) is 19.4. The van der Waals surface area contributed by atoms with Gasteiger partial charge in [0.05, 0.1) is 12.6 Å². The Hall–Kier alpha value is -1.85. The first kappa shape index (κ1) is 17.5. The van der Waals surface area contributed by atoms with E-state index in [4.69, 9.17) is 0 Å². The number of aryl methyl sites for hydroxylation is 1. The number of carbonyl (C=O) groups is 2. The second-order valence-electron chi connectivity index (χ2n) is 6.27. The van der Waals surface area contributed by atoms with Crippen LogP contribution in [0.25, 0.3) is 0 Å². The predicted molar refractivity (Wildman–Crippen MR) is 88.9 cm³/mol. The van der Waals surface area contributed by atoms with Crippen molar-refractivity contribution in [2.75, 3.05) is 19.6 Å². The Bertz CT molecular complexity index is 540. The van der Waals surface area contributed by atoms with E-state index in [9.17, 15) is 9.59 Å². The zero-order chi connectivity index (χ0) is 16.8. The van der Waals surface area contributed by atoms with Crippen molar-refractivity contribution in [1.82, 2.24) is 19.8 Å². The van der Waals surface area contributed by atoms with Crippen LogP contribution in [0.3, 0.4) is 0 Å². The molecule has 2 heterocycles. The molecule has 1 N–H and O–H groups in total. The average Bonchev–Trinajstić information content (AvgIpc) is 3.07. The zero-order valence-corrected chi connectivity index (χ0v) is 14.4. The highest BCUT2D eigenvalue weighted by atomic mass is 16.2. The molecule has 2 amide bonds. The number of rotatable bonds is 6. The van der Waals surface area contributed by atoms with Gasteiger partial charge in [-0.15, -0.1) is 0 Å². The second kappa shape index (κ2) is 8.13. The van der Waals surface area contributed by atoms with E-state index < -0.39 is 0 Å². The van der Waals surface area contributed by atoms with Crippen LogP contribution in [-0.4, -0.2) is 45.9 Å². The molecule has 0 aromatic carbocycles. The third-order valence-electron chi connectivity index (χ3n) is 4.68. The molecule has 0 bridgehead atoms. The highest BCUT2D eigenvalue weighted by Gasteiger charge is 2.26. The molecule has 23 heavy (non-hydrogen) atoms. The van der Waals surface area contributed by atoms with E-state index in [0.29, 0.717) is 6.54 Å². The summed E-state index contributed by atoms with van der Waals surface area (Å²) in [7, 11) is 0. The molecular formula is C17H28N4O2. The quantitative estimate of drug-likeness (QED) is 0.868. The van der Waals surface area contributed by atoms with Gasteiger partial charge < -0.3 is 14.8 Å². The van der Waals surface area contributed by atoms with Gasteiger partial charge >= 0.3 is 0 Å². The molecule has 2 unspecified atom stereocenters. The van der Waals surface area contributed by atoms with Crippen LogP contribution in [0.5, 0.6) is 0 Å². The first-order chi connectivity index (χ1) is 11.1. The van der Waals surface area contributed by atoms with Crippen LogP contribution in [0.2, 0.25) is 0 Å². The fourth-order valence-corrected chi connectivity index (χ4v) is 2.99. The highest BCUT2D eigenvalue weighted by Crippen LogP contribution is 2.23. The Morgan fingerprint density at radius 3 is 2.91 bits per heavy atom. The molecule has 2 atom stereocenters. The summed E-state index contributed by atoms with van der Waals surface area (Å²) in [5.41, 5.74) is 0. The topological polar surface area (TPSA) is 67.2 Å². The Balaban J connectivity index is 1.90. The Labute approximate surface area is 138 Å². The van der Waals surface area contributed by atoms with Crippen LogP contribution >= 0.6 is 0 Å². The Kier molecular flexibility index (Phi) is 6.19. The molecule has 1 aliphatic heterocycles. The van der Waals surface area contributed by atoms with Gasteiger partial charge in [-0.25, -0.2) is 4.98 Å². The van der Waals surface area contributed by atoms with Crippen LogP contribution < -0.4 is 5.32 Å². The maximum atomic E-state index is 12.4. The molecule has 1 aromatic rings. The van der Waals surface area contributed by atoms with E-state index in [1.807, 2.05) is 31.1 Å². The lowest BCUT2D eigenvalue weighted by Crippen LogP contribution is -2.46. The molecule has 1 saturated heterocycles. The SMILES string of the molecule is CCc1nccn1C1CCCN(C(=O)CNC(=O)C(C)CC)C1. The van der Waals surface area contributed by atoms with Crippen molar-refractivity contribution in [1.29, 1.82) is 0 Å². The van der Waals surface area contributed by atoms with Crippen LogP contribution in [0, 0.1) is 5.92 Å². The number of nitrogens with one attached hydrogen (secondary N) is 1. The molecule has 0 saturated carbocycles. The van der Waals surface area contributed by atoms with Crippen LogP contribution in [-0.2, 0) is 16.0 Å². The highest BCUT2D eigenvalue weighted by molar-refractivity contribution is 5.85. The molecule has 0 aliphatic carbocycles. The number of likely N-dealkylation sites (tertiary alicyclic amines) is 1. The summed E-state index contributed by atoms with van der Waals surface area (Å²) >= 11 is 0. The number of hydrogen-bond acceptors (Lipinski definition) is 3. The summed E-state index contributed by atoms with van der Waals surface area (Å²) in [4.78, 5) is 30.4. The van der Waals surface area contributed by atoms with Crippen molar-refractivity contribution in [2.24, 2.45) is 5.92 Å². The predicted octanol–water partition coefficient (Wildman–Crippen LogP) is 1.77. The van der Waals surface area contributed by atoms with Gasteiger partial charge in [0.15, 0.2) is 0 Å². The Morgan fingerprint density at radius 2 is 2.22 bits per heavy atom. The van der Waals surface area contributed by atoms with Gasteiger partial charge in [0.1, 0.15) is 5.82 Å². The van der Waals surface area contributed by atoms with E-state index in [0.717, 1.165) is 38.1 Å². The minimum absolute atomic E-state index is 0.00418. The monoisotopic (exact) mass is 320 g/mol. The molecule has 6 heteroatoms. The first-order valence-corrected chi connectivity index (χ1v) is 8.64. The molecule has 2 rings (SSSR count). The van der Waals surface area contributed by atoms with Crippen molar-refractivity contribution in [3.63, 3.8) is 0 Å². The van der Waals surface area contributed by atoms with E-state index in [1.54, 1.807) is 0 Å². The third-order valence-corrected chi connectivity index (χ3v) is 4.68. The van der Waals surface area contributed by atoms with Crippen molar-refractivity contribution in [3.05, 3.63) is 18.2 Å². The minimum atomic E-state index is -0.0463. The van der Waals surface area contributed by atoms with E-state index >= 15 is 0 Å². The lowest BCUT2D eigenvalue weighted by Gasteiger charge is -2.34. The van der Waals surface area contributed by atoms with Gasteiger partial charge in [0.25, 0.3) is 0 Å². The van der Waals surface area contributed by atoms with Crippen molar-refractivity contribution < 1.29 is 9.59 Å². The number of aromatic nitrogens is 2. The first-order valence-electron chi connectivity index (χ1n) is 8.64. The molecule has 1 aliphatic rings. The molecule has 6 nitrogen and oxygen atoms in total. The maximum Gasteiger partial charge on any atom is 0.242 e. The smallest absolute Gasteiger partial charge is 0.242 e. The van der Waals surface area contributed by atoms with Crippen molar-refractivity contribution in [2.45, 2.75) is 52.5 Å². The van der Waals surface area contributed by atoms with Gasteiger partial charge in [-0.3, -0.25) is 9.59 Å². The third kappa shape index (κ3) is 4.33. The number of imidazole rings is 1. The number of piperidine rings is 1. The van der Waals surface area contributed by atoms with E-state index in [1.165, 1.54) is 0 Å². The fourth-order valence-electron chi connectivity index (χ4n) is 2.99. The van der Waals surface area contributed by atoms with E-state index in [2.05, 4.69) is 21.8 Å². The lowest BCUT2D eigenvalue weighted by molar-refractivity contribution is -0.135. The summed E-state index contributed by atoms with van der Waals surface area (Å²) in [5, 5.41) is 2.75. The van der Waals surface area contributed by atoms with Gasteiger partial charge in [0.2, 0.25) is 11.8 Å². The van der Waals surface area contributed by atoms with Gasteiger partial charge in [-0.2, -0.15) is 0 Å². The average molecular weight is 320 g/mol. The fraction of sp³-hybridized carbons (Fsp3) is 0.706. The summed E-state index contributed by atoms with van der Waals surface area (Å²) in [6.07, 6.45) is 7.55. The second-order valence-corrected chi connectivity index (χ2v) is 6.27.